The minimum absolute atomic E-state index is 0.528. The molecule has 1 N–H and O–H groups in total. The maximum atomic E-state index is 5.21. The third kappa shape index (κ3) is 2.48. The van der Waals surface area contributed by atoms with Crippen molar-refractivity contribution in [2.24, 2.45) is 0 Å². The van der Waals surface area contributed by atoms with Crippen LogP contribution in [0.2, 0.25) is 0 Å². The smallest absolute Gasteiger partial charge is 0.236 e. The van der Waals surface area contributed by atoms with Gasteiger partial charge >= 0.3 is 0 Å². The highest BCUT2D eigenvalue weighted by atomic mass is 16.5. The molecule has 1 aliphatic heterocycles. The molecular formula is C11H18N4O. The molecule has 0 aliphatic carbocycles. The summed E-state index contributed by atoms with van der Waals surface area (Å²) in [4.78, 5) is 10.9. The van der Waals surface area contributed by atoms with Crippen LogP contribution in [0.15, 0.2) is 12.4 Å². The van der Waals surface area contributed by atoms with Crippen molar-refractivity contribution in [3.05, 3.63) is 18.1 Å². The summed E-state index contributed by atoms with van der Waals surface area (Å²) in [5.74, 6) is 0.633. The molecule has 0 bridgehead atoms. The minimum Gasteiger partial charge on any atom is -0.480 e. The van der Waals surface area contributed by atoms with Gasteiger partial charge in [-0.25, -0.2) is 4.98 Å². The molecule has 0 saturated carbocycles. The molecule has 1 fully saturated rings. The molecule has 5 heteroatoms. The summed E-state index contributed by atoms with van der Waals surface area (Å²) >= 11 is 0. The fourth-order valence-electron chi connectivity index (χ4n) is 1.94. The summed E-state index contributed by atoms with van der Waals surface area (Å²) in [6.07, 6.45) is 3.37. The van der Waals surface area contributed by atoms with Gasteiger partial charge in [0.25, 0.3) is 0 Å². The van der Waals surface area contributed by atoms with E-state index in [9.17, 15) is 0 Å². The summed E-state index contributed by atoms with van der Waals surface area (Å²) in [5.41, 5.74) is 0.916. The molecule has 2 rings (SSSR count). The van der Waals surface area contributed by atoms with E-state index in [4.69, 9.17) is 4.74 Å². The van der Waals surface area contributed by atoms with E-state index in [-0.39, 0.29) is 0 Å². The Kier molecular flexibility index (Phi) is 3.69. The van der Waals surface area contributed by atoms with Gasteiger partial charge in [-0.3, -0.25) is 9.88 Å². The lowest BCUT2D eigenvalue weighted by Crippen LogP contribution is -2.49. The van der Waals surface area contributed by atoms with Crippen LogP contribution in [0.4, 0.5) is 0 Å². The van der Waals surface area contributed by atoms with Gasteiger partial charge in [0.1, 0.15) is 5.69 Å². The molecule has 0 spiro atoms. The third-order valence-electron chi connectivity index (χ3n) is 2.92. The zero-order chi connectivity index (χ0) is 11.4. The highest BCUT2D eigenvalue weighted by Gasteiger charge is 2.19. The second kappa shape index (κ2) is 5.23. The Labute approximate surface area is 95.8 Å². The molecule has 0 aromatic carbocycles. The van der Waals surface area contributed by atoms with Crippen molar-refractivity contribution in [1.29, 1.82) is 0 Å². The second-order valence-electron chi connectivity index (χ2n) is 4.04. The number of aromatic nitrogens is 2. The van der Waals surface area contributed by atoms with Crippen LogP contribution in [0.5, 0.6) is 5.88 Å². The first kappa shape index (κ1) is 11.3. The summed E-state index contributed by atoms with van der Waals surface area (Å²) in [6, 6.07) is 0.528. The van der Waals surface area contributed by atoms with Crippen LogP contribution in [-0.4, -0.2) is 47.7 Å². The maximum Gasteiger partial charge on any atom is 0.236 e. The second-order valence-corrected chi connectivity index (χ2v) is 4.04. The Hall–Kier alpha value is -1.20. The minimum atomic E-state index is 0.528. The lowest BCUT2D eigenvalue weighted by Gasteiger charge is -2.33. The summed E-state index contributed by atoms with van der Waals surface area (Å²) in [5, 5.41) is 3.37. The van der Waals surface area contributed by atoms with E-state index >= 15 is 0 Å². The van der Waals surface area contributed by atoms with Gasteiger partial charge in [-0.1, -0.05) is 0 Å². The third-order valence-corrected chi connectivity index (χ3v) is 2.92. The number of piperazine rings is 1. The van der Waals surface area contributed by atoms with Crippen LogP contribution in [-0.2, 0) is 6.54 Å². The van der Waals surface area contributed by atoms with Gasteiger partial charge in [-0.15, -0.1) is 0 Å². The summed E-state index contributed by atoms with van der Waals surface area (Å²) in [7, 11) is 1.63. The van der Waals surface area contributed by atoms with Crippen molar-refractivity contribution in [2.75, 3.05) is 26.7 Å². The van der Waals surface area contributed by atoms with E-state index in [0.29, 0.717) is 11.9 Å². The summed E-state index contributed by atoms with van der Waals surface area (Å²) < 4.78 is 5.21. The number of ether oxygens (including phenoxy) is 1. The van der Waals surface area contributed by atoms with Crippen LogP contribution >= 0.6 is 0 Å². The van der Waals surface area contributed by atoms with E-state index in [0.717, 1.165) is 31.9 Å². The number of nitrogens with zero attached hydrogens (tertiary/aromatic N) is 3. The first-order valence-corrected chi connectivity index (χ1v) is 5.60. The predicted molar refractivity (Wildman–Crippen MR) is 61.3 cm³/mol. The van der Waals surface area contributed by atoms with Crippen LogP contribution in [0.25, 0.3) is 0 Å². The van der Waals surface area contributed by atoms with E-state index in [1.807, 2.05) is 0 Å². The number of nitrogens with one attached hydrogen (secondary N) is 1. The number of rotatable bonds is 3. The van der Waals surface area contributed by atoms with Gasteiger partial charge in [0.15, 0.2) is 0 Å². The number of hydrogen-bond acceptors (Lipinski definition) is 5. The van der Waals surface area contributed by atoms with Gasteiger partial charge in [0.05, 0.1) is 7.11 Å². The van der Waals surface area contributed by atoms with Crippen molar-refractivity contribution in [1.82, 2.24) is 20.2 Å². The molecule has 16 heavy (non-hydrogen) atoms. The lowest BCUT2D eigenvalue weighted by molar-refractivity contribution is 0.161. The van der Waals surface area contributed by atoms with Gasteiger partial charge in [-0.05, 0) is 6.92 Å². The van der Waals surface area contributed by atoms with E-state index in [1.165, 1.54) is 0 Å². The predicted octanol–water partition coefficient (Wildman–Crippen LogP) is 0.279. The fraction of sp³-hybridized carbons (Fsp3) is 0.636. The Morgan fingerprint density at radius 2 is 2.31 bits per heavy atom. The summed E-state index contributed by atoms with van der Waals surface area (Å²) in [6.45, 7) is 6.13. The van der Waals surface area contributed by atoms with Crippen molar-refractivity contribution in [2.45, 2.75) is 19.5 Å². The van der Waals surface area contributed by atoms with E-state index < -0.39 is 0 Å². The van der Waals surface area contributed by atoms with Gasteiger partial charge in [0.2, 0.25) is 5.88 Å². The first-order chi connectivity index (χ1) is 7.81. The standard InChI is InChI=1S/C11H18N4O/c1-9-7-12-5-6-15(9)8-10-11(16-2)14-4-3-13-10/h3-4,9,12H,5-8H2,1-2H3/t9-/m1/s1. The van der Waals surface area contributed by atoms with E-state index in [2.05, 4.69) is 27.1 Å². The average molecular weight is 222 g/mol. The molecule has 0 radical (unpaired) electrons. The normalized spacial score (nSPS) is 22.0. The van der Waals surface area contributed by atoms with Gasteiger partial charge in [0, 0.05) is 44.6 Å². The molecule has 0 amide bonds. The van der Waals surface area contributed by atoms with E-state index in [1.54, 1.807) is 19.5 Å². The van der Waals surface area contributed by atoms with Gasteiger partial charge in [-0.2, -0.15) is 0 Å². The molecule has 1 atom stereocenters. The highest BCUT2D eigenvalue weighted by molar-refractivity contribution is 5.17. The van der Waals surface area contributed by atoms with Crippen LogP contribution < -0.4 is 10.1 Å². The Bertz CT molecular complexity index is 345. The monoisotopic (exact) mass is 222 g/mol. The molecule has 1 aliphatic rings. The molecule has 2 heterocycles. The Balaban J connectivity index is 2.07. The topological polar surface area (TPSA) is 50.3 Å². The SMILES string of the molecule is COc1nccnc1CN1CCNC[C@H]1C. The molecule has 1 saturated heterocycles. The maximum absolute atomic E-state index is 5.21. The van der Waals surface area contributed by atoms with Crippen LogP contribution in [0.1, 0.15) is 12.6 Å². The first-order valence-electron chi connectivity index (χ1n) is 5.60. The zero-order valence-electron chi connectivity index (χ0n) is 9.81. The Morgan fingerprint density at radius 3 is 3.06 bits per heavy atom. The number of hydrogen-bond donors (Lipinski definition) is 1. The van der Waals surface area contributed by atoms with Crippen LogP contribution in [0, 0.1) is 0 Å². The molecule has 0 unspecified atom stereocenters. The van der Waals surface area contributed by atoms with Crippen molar-refractivity contribution >= 4 is 0 Å². The van der Waals surface area contributed by atoms with Crippen molar-refractivity contribution in [3.8, 4) is 5.88 Å². The van der Waals surface area contributed by atoms with Crippen LogP contribution in [0.3, 0.4) is 0 Å². The van der Waals surface area contributed by atoms with Crippen molar-refractivity contribution < 1.29 is 4.74 Å². The zero-order valence-corrected chi connectivity index (χ0v) is 9.81. The highest BCUT2D eigenvalue weighted by Crippen LogP contribution is 2.15. The lowest BCUT2D eigenvalue weighted by atomic mass is 10.2. The average Bonchev–Trinajstić information content (AvgIpc) is 2.33. The largest absolute Gasteiger partial charge is 0.480 e. The molecule has 5 nitrogen and oxygen atoms in total. The fourth-order valence-corrected chi connectivity index (χ4v) is 1.94. The quantitative estimate of drug-likeness (QED) is 0.796. The number of methoxy groups -OCH3 is 1. The van der Waals surface area contributed by atoms with Crippen molar-refractivity contribution in [3.63, 3.8) is 0 Å². The molecule has 1 aromatic rings. The Morgan fingerprint density at radius 1 is 1.50 bits per heavy atom. The molecular weight excluding hydrogens is 204 g/mol. The molecule has 88 valence electrons. The van der Waals surface area contributed by atoms with Gasteiger partial charge < -0.3 is 10.1 Å². The molecule has 1 aromatic heterocycles.